The minimum absolute atomic E-state index is 0.246. The second-order valence-electron chi connectivity index (χ2n) is 9.88. The Morgan fingerprint density at radius 1 is 1.00 bits per heavy atom. The van der Waals surface area contributed by atoms with Gasteiger partial charge in [0.05, 0.1) is 16.8 Å². The number of benzene rings is 3. The maximum atomic E-state index is 13.4. The molecule has 0 amide bonds. The van der Waals surface area contributed by atoms with E-state index in [9.17, 15) is 4.79 Å². The Morgan fingerprint density at radius 3 is 2.57 bits per heavy atom. The minimum atomic E-state index is -0.497. The van der Waals surface area contributed by atoms with E-state index >= 15 is 0 Å². The standard InChI is InChI=1S/C32H27N5O4S/c1-2-3-17-39-24-15-13-21(14-16-24)29-22(19-36(34-29)23-9-5-4-6-10-23)18-28-31(38)37-32(42-28)33-30(35-37)27-20-40-25-11-7-8-12-26(25)41-27/h4-16,18-19,27H,2-3,17,20H2,1H3. The van der Waals surface area contributed by atoms with Gasteiger partial charge in [-0.05, 0) is 61.0 Å². The monoisotopic (exact) mass is 577 g/mol. The van der Waals surface area contributed by atoms with Gasteiger partial charge in [-0.25, -0.2) is 4.68 Å². The normalized spacial score (nSPS) is 14.9. The summed E-state index contributed by atoms with van der Waals surface area (Å²) < 4.78 is 21.4. The summed E-state index contributed by atoms with van der Waals surface area (Å²) in [5.74, 6) is 2.55. The van der Waals surface area contributed by atoms with Gasteiger partial charge in [-0.2, -0.15) is 14.6 Å². The highest BCUT2D eigenvalue weighted by molar-refractivity contribution is 7.15. The second kappa shape index (κ2) is 11.1. The van der Waals surface area contributed by atoms with E-state index in [4.69, 9.17) is 19.3 Å². The van der Waals surface area contributed by atoms with Crippen LogP contribution in [0.15, 0.2) is 89.9 Å². The number of ether oxygens (including phenoxy) is 3. The smallest absolute Gasteiger partial charge is 0.291 e. The molecule has 1 aliphatic heterocycles. The maximum Gasteiger partial charge on any atom is 0.291 e. The fourth-order valence-electron chi connectivity index (χ4n) is 4.75. The predicted octanol–water partition coefficient (Wildman–Crippen LogP) is 5.24. The molecule has 1 atom stereocenters. The fraction of sp³-hybridized carbons (Fsp3) is 0.188. The van der Waals surface area contributed by atoms with Crippen LogP contribution in [-0.4, -0.2) is 37.6 Å². The van der Waals surface area contributed by atoms with E-state index in [1.165, 1.54) is 15.9 Å². The van der Waals surface area contributed by atoms with Crippen LogP contribution in [0.3, 0.4) is 0 Å². The first-order valence-electron chi connectivity index (χ1n) is 13.8. The summed E-state index contributed by atoms with van der Waals surface area (Å²) in [6.45, 7) is 3.10. The number of rotatable bonds is 8. The Hall–Kier alpha value is -4.96. The first-order valence-corrected chi connectivity index (χ1v) is 14.7. The van der Waals surface area contributed by atoms with Gasteiger partial charge >= 0.3 is 0 Å². The van der Waals surface area contributed by atoms with E-state index in [1.807, 2.05) is 95.8 Å². The lowest BCUT2D eigenvalue weighted by Crippen LogP contribution is -2.26. The fourth-order valence-corrected chi connectivity index (χ4v) is 5.65. The first kappa shape index (κ1) is 26.0. The van der Waals surface area contributed by atoms with Crippen LogP contribution in [0.5, 0.6) is 17.2 Å². The molecule has 6 aromatic rings. The molecule has 0 bridgehead atoms. The summed E-state index contributed by atoms with van der Waals surface area (Å²) in [5, 5.41) is 9.38. The molecule has 0 aliphatic carbocycles. The molecular formula is C32H27N5O4S. The van der Waals surface area contributed by atoms with Crippen molar-refractivity contribution >= 4 is 22.4 Å². The minimum Gasteiger partial charge on any atom is -0.494 e. The van der Waals surface area contributed by atoms with Crippen LogP contribution in [-0.2, 0) is 0 Å². The number of thiazole rings is 1. The van der Waals surface area contributed by atoms with E-state index in [1.54, 1.807) is 0 Å². The summed E-state index contributed by atoms with van der Waals surface area (Å²) in [6, 6.07) is 25.2. The van der Waals surface area contributed by atoms with Gasteiger partial charge in [0.1, 0.15) is 18.1 Å². The number of aromatic nitrogens is 5. The lowest BCUT2D eigenvalue weighted by atomic mass is 10.1. The van der Waals surface area contributed by atoms with Crippen LogP contribution in [0.4, 0.5) is 0 Å². The van der Waals surface area contributed by atoms with Crippen molar-refractivity contribution in [2.45, 2.75) is 25.9 Å². The van der Waals surface area contributed by atoms with Gasteiger partial charge in [-0.15, -0.1) is 5.10 Å². The molecule has 0 saturated carbocycles. The highest BCUT2D eigenvalue weighted by Crippen LogP contribution is 2.35. The van der Waals surface area contributed by atoms with Crippen molar-refractivity contribution < 1.29 is 14.2 Å². The third-order valence-corrected chi connectivity index (χ3v) is 7.90. The molecule has 9 nitrogen and oxygen atoms in total. The molecule has 4 heterocycles. The van der Waals surface area contributed by atoms with Crippen LogP contribution in [0.25, 0.3) is 28.0 Å². The van der Waals surface area contributed by atoms with Gasteiger partial charge in [0.15, 0.2) is 23.4 Å². The summed E-state index contributed by atoms with van der Waals surface area (Å²) in [5.41, 5.74) is 3.15. The average Bonchev–Trinajstić information content (AvgIpc) is 3.73. The molecule has 7 rings (SSSR count). The van der Waals surface area contributed by atoms with Crippen molar-refractivity contribution in [3.05, 3.63) is 111 Å². The summed E-state index contributed by atoms with van der Waals surface area (Å²) in [4.78, 5) is 18.6. The molecule has 210 valence electrons. The zero-order valence-electron chi connectivity index (χ0n) is 22.8. The van der Waals surface area contributed by atoms with Crippen molar-refractivity contribution in [2.24, 2.45) is 0 Å². The lowest BCUT2D eigenvalue weighted by Gasteiger charge is -2.24. The van der Waals surface area contributed by atoms with E-state index in [0.717, 1.165) is 41.1 Å². The quantitative estimate of drug-likeness (QED) is 0.228. The van der Waals surface area contributed by atoms with E-state index in [-0.39, 0.29) is 12.2 Å². The molecule has 1 unspecified atom stereocenters. The molecule has 3 aromatic carbocycles. The molecule has 0 spiro atoms. The molecule has 0 radical (unpaired) electrons. The average molecular weight is 578 g/mol. The summed E-state index contributed by atoms with van der Waals surface area (Å²) >= 11 is 1.28. The highest BCUT2D eigenvalue weighted by atomic mass is 32.1. The molecule has 10 heteroatoms. The number of para-hydroxylation sites is 3. The SMILES string of the molecule is CCCCOc1ccc(-c2nn(-c3ccccc3)cc2C=c2sc3nc(C4COc5ccccc5O4)nn3c2=O)cc1. The Labute approximate surface area is 245 Å². The first-order chi connectivity index (χ1) is 20.7. The van der Waals surface area contributed by atoms with E-state index in [0.29, 0.717) is 33.4 Å². The lowest BCUT2D eigenvalue weighted by molar-refractivity contribution is 0.0852. The van der Waals surface area contributed by atoms with Crippen LogP contribution >= 0.6 is 11.3 Å². The molecule has 42 heavy (non-hydrogen) atoms. The van der Waals surface area contributed by atoms with Gasteiger partial charge in [-0.3, -0.25) is 4.79 Å². The van der Waals surface area contributed by atoms with Crippen LogP contribution in [0, 0.1) is 0 Å². The molecule has 0 saturated heterocycles. The van der Waals surface area contributed by atoms with E-state index in [2.05, 4.69) is 17.0 Å². The zero-order valence-corrected chi connectivity index (χ0v) is 23.7. The highest BCUT2D eigenvalue weighted by Gasteiger charge is 2.27. The Bertz CT molecular complexity index is 1960. The molecular weight excluding hydrogens is 550 g/mol. The van der Waals surface area contributed by atoms with Gasteiger partial charge in [-0.1, -0.05) is 55.0 Å². The molecule has 3 aromatic heterocycles. The molecule has 1 aliphatic rings. The predicted molar refractivity (Wildman–Crippen MR) is 161 cm³/mol. The number of unbranched alkanes of at least 4 members (excludes halogenated alkanes) is 1. The topological polar surface area (TPSA) is 92.8 Å². The van der Waals surface area contributed by atoms with Crippen molar-refractivity contribution in [2.75, 3.05) is 13.2 Å². The van der Waals surface area contributed by atoms with Crippen molar-refractivity contribution in [1.82, 2.24) is 24.4 Å². The van der Waals surface area contributed by atoms with Gasteiger partial charge in [0.2, 0.25) is 4.96 Å². The second-order valence-corrected chi connectivity index (χ2v) is 10.9. The number of hydrogen-bond donors (Lipinski definition) is 0. The molecule has 0 N–H and O–H groups in total. The Balaban J connectivity index is 1.24. The Morgan fingerprint density at radius 2 is 1.79 bits per heavy atom. The van der Waals surface area contributed by atoms with Crippen LogP contribution in [0.1, 0.15) is 37.3 Å². The third-order valence-electron chi connectivity index (χ3n) is 6.94. The van der Waals surface area contributed by atoms with Gasteiger partial charge in [0, 0.05) is 17.3 Å². The maximum absolute atomic E-state index is 13.4. The molecule has 0 fully saturated rings. The summed E-state index contributed by atoms with van der Waals surface area (Å²) in [7, 11) is 0. The van der Waals surface area contributed by atoms with Crippen molar-refractivity contribution in [1.29, 1.82) is 0 Å². The van der Waals surface area contributed by atoms with Crippen molar-refractivity contribution in [3.8, 4) is 34.2 Å². The van der Waals surface area contributed by atoms with Crippen LogP contribution in [0.2, 0.25) is 0 Å². The summed E-state index contributed by atoms with van der Waals surface area (Å²) in [6.07, 6.45) is 5.38. The van der Waals surface area contributed by atoms with Crippen LogP contribution < -0.4 is 24.3 Å². The third kappa shape index (κ3) is 5.01. The zero-order chi connectivity index (χ0) is 28.5. The number of hydrogen-bond acceptors (Lipinski definition) is 8. The van der Waals surface area contributed by atoms with E-state index < -0.39 is 6.10 Å². The number of nitrogens with zero attached hydrogens (tertiary/aromatic N) is 5. The largest absolute Gasteiger partial charge is 0.494 e. The van der Waals surface area contributed by atoms with Gasteiger partial charge in [0.25, 0.3) is 5.56 Å². The Kier molecular flexibility index (Phi) is 6.89. The number of fused-ring (bicyclic) bond motifs is 2. The van der Waals surface area contributed by atoms with Crippen molar-refractivity contribution in [3.63, 3.8) is 0 Å². The van der Waals surface area contributed by atoms with Gasteiger partial charge < -0.3 is 14.2 Å².